The Morgan fingerprint density at radius 1 is 1.30 bits per heavy atom. The molecular weight excluding hydrogens is 357 g/mol. The average molecular weight is 373 g/mol. The van der Waals surface area contributed by atoms with E-state index in [0.717, 1.165) is 6.07 Å². The molecule has 0 spiro atoms. The lowest BCUT2D eigenvalue weighted by Gasteiger charge is -2.18. The summed E-state index contributed by atoms with van der Waals surface area (Å²) < 4.78 is 13.2. The molecule has 1 heterocycles. The number of carbonyl (C=O) groups excluding carboxylic acids is 2. The van der Waals surface area contributed by atoms with E-state index in [4.69, 9.17) is 0 Å². The second-order valence-corrected chi connectivity index (χ2v) is 6.06. The van der Waals surface area contributed by atoms with Gasteiger partial charge in [-0.3, -0.25) is 19.7 Å². The molecular formula is C18H16FN3O5. The predicted molar refractivity (Wildman–Crippen MR) is 93.5 cm³/mol. The van der Waals surface area contributed by atoms with Crippen LogP contribution in [0.5, 0.6) is 0 Å². The maximum atomic E-state index is 13.2. The summed E-state index contributed by atoms with van der Waals surface area (Å²) in [4.78, 5) is 36.0. The van der Waals surface area contributed by atoms with Gasteiger partial charge >= 0.3 is 11.8 Å². The Bertz CT molecular complexity index is 918. The van der Waals surface area contributed by atoms with Crippen LogP contribution in [0.3, 0.4) is 0 Å². The molecule has 140 valence electrons. The van der Waals surface area contributed by atoms with Gasteiger partial charge in [0, 0.05) is 30.9 Å². The smallest absolute Gasteiger partial charge is 0.316 e. The number of aliphatic hydroxyl groups excluding tert-OH is 1. The fourth-order valence-corrected chi connectivity index (χ4v) is 2.93. The summed E-state index contributed by atoms with van der Waals surface area (Å²) in [6.45, 7) is -0.0236. The lowest BCUT2D eigenvalue weighted by Crippen LogP contribution is -2.43. The Balaban J connectivity index is 1.64. The minimum atomic E-state index is -1.16. The summed E-state index contributed by atoms with van der Waals surface area (Å²) >= 11 is 0. The number of nitro groups is 1. The van der Waals surface area contributed by atoms with Crippen LogP contribution in [0, 0.1) is 15.9 Å². The fourth-order valence-electron chi connectivity index (χ4n) is 2.93. The first-order chi connectivity index (χ1) is 12.9. The molecule has 2 N–H and O–H groups in total. The molecule has 0 saturated carbocycles. The van der Waals surface area contributed by atoms with Crippen LogP contribution < -0.4 is 10.2 Å². The zero-order chi connectivity index (χ0) is 19.6. The number of benzene rings is 2. The van der Waals surface area contributed by atoms with Crippen molar-refractivity contribution in [1.82, 2.24) is 5.32 Å². The maximum Gasteiger partial charge on any atom is 0.316 e. The number of aliphatic hydroxyl groups is 1. The van der Waals surface area contributed by atoms with Crippen molar-refractivity contribution < 1.29 is 24.0 Å². The summed E-state index contributed by atoms with van der Waals surface area (Å²) in [5, 5.41) is 23.2. The van der Waals surface area contributed by atoms with Crippen molar-refractivity contribution in [3.05, 3.63) is 69.5 Å². The summed E-state index contributed by atoms with van der Waals surface area (Å²) in [6, 6.07) is 9.40. The monoisotopic (exact) mass is 373 g/mol. The molecule has 2 amide bonds. The highest BCUT2D eigenvalue weighted by Gasteiger charge is 2.30. The standard InChI is InChI=1S/C18H16FN3O5/c19-13-3-1-2-12(8-13)16(23)10-20-17(24)18(25)21-7-6-11-9-14(22(26)27)4-5-15(11)21/h1-5,8-9,16,23H,6-7,10H2,(H,20,24). The van der Waals surface area contributed by atoms with Crippen LogP contribution in [0.1, 0.15) is 17.2 Å². The van der Waals surface area contributed by atoms with Crippen LogP contribution in [-0.2, 0) is 16.0 Å². The second kappa shape index (κ2) is 7.50. The van der Waals surface area contributed by atoms with Gasteiger partial charge in [-0.2, -0.15) is 0 Å². The van der Waals surface area contributed by atoms with Crippen molar-refractivity contribution in [2.75, 3.05) is 18.0 Å². The Morgan fingerprint density at radius 3 is 2.78 bits per heavy atom. The number of nitrogens with one attached hydrogen (secondary N) is 1. The number of non-ortho nitro benzene ring substituents is 1. The topological polar surface area (TPSA) is 113 Å². The van der Waals surface area contributed by atoms with Crippen molar-refractivity contribution in [2.45, 2.75) is 12.5 Å². The zero-order valence-corrected chi connectivity index (χ0v) is 14.1. The van der Waals surface area contributed by atoms with Crippen LogP contribution in [0.4, 0.5) is 15.8 Å². The first kappa shape index (κ1) is 18.5. The lowest BCUT2D eigenvalue weighted by molar-refractivity contribution is -0.384. The van der Waals surface area contributed by atoms with Gasteiger partial charge in [-0.25, -0.2) is 4.39 Å². The highest BCUT2D eigenvalue weighted by molar-refractivity contribution is 6.40. The number of fused-ring (bicyclic) bond motifs is 1. The number of amides is 2. The maximum absolute atomic E-state index is 13.2. The largest absolute Gasteiger partial charge is 0.387 e. The molecule has 0 aliphatic carbocycles. The highest BCUT2D eigenvalue weighted by atomic mass is 19.1. The number of nitro benzene ring substituents is 1. The van der Waals surface area contributed by atoms with E-state index >= 15 is 0 Å². The minimum absolute atomic E-state index is 0.0780. The van der Waals surface area contributed by atoms with Gasteiger partial charge in [0.25, 0.3) is 5.69 Å². The molecule has 27 heavy (non-hydrogen) atoms. The fraction of sp³-hybridized carbons (Fsp3) is 0.222. The lowest BCUT2D eigenvalue weighted by atomic mass is 10.1. The van der Waals surface area contributed by atoms with Gasteiger partial charge < -0.3 is 15.3 Å². The number of carbonyl (C=O) groups is 2. The first-order valence-electron chi connectivity index (χ1n) is 8.17. The number of hydrogen-bond acceptors (Lipinski definition) is 5. The molecule has 1 aliphatic heterocycles. The van der Waals surface area contributed by atoms with Gasteiger partial charge in [0.15, 0.2) is 0 Å². The zero-order valence-electron chi connectivity index (χ0n) is 14.1. The quantitative estimate of drug-likeness (QED) is 0.479. The third-order valence-corrected chi connectivity index (χ3v) is 4.30. The van der Waals surface area contributed by atoms with Crippen molar-refractivity contribution in [2.24, 2.45) is 0 Å². The van der Waals surface area contributed by atoms with E-state index in [0.29, 0.717) is 17.7 Å². The van der Waals surface area contributed by atoms with E-state index in [-0.39, 0.29) is 24.3 Å². The molecule has 0 radical (unpaired) electrons. The Hall–Kier alpha value is -3.33. The van der Waals surface area contributed by atoms with E-state index in [1.54, 1.807) is 0 Å². The molecule has 0 saturated heterocycles. The Kier molecular flexibility index (Phi) is 5.13. The van der Waals surface area contributed by atoms with Gasteiger partial charge in [-0.1, -0.05) is 12.1 Å². The Morgan fingerprint density at radius 2 is 2.07 bits per heavy atom. The van der Waals surface area contributed by atoms with Crippen LogP contribution >= 0.6 is 0 Å². The summed E-state index contributed by atoms with van der Waals surface area (Å²) in [5.74, 6) is -2.26. The number of rotatable bonds is 4. The van der Waals surface area contributed by atoms with Crippen molar-refractivity contribution in [3.63, 3.8) is 0 Å². The SMILES string of the molecule is O=C(NCC(O)c1cccc(F)c1)C(=O)N1CCc2cc([N+](=O)[O-])ccc21. The van der Waals surface area contributed by atoms with Crippen LogP contribution in [0.15, 0.2) is 42.5 Å². The van der Waals surface area contributed by atoms with E-state index in [1.165, 1.54) is 41.3 Å². The summed E-state index contributed by atoms with van der Waals surface area (Å²) in [6.07, 6.45) is -0.756. The number of anilines is 1. The van der Waals surface area contributed by atoms with Gasteiger partial charge in [0.05, 0.1) is 11.0 Å². The molecule has 2 aromatic carbocycles. The molecule has 1 aliphatic rings. The average Bonchev–Trinajstić information content (AvgIpc) is 3.08. The highest BCUT2D eigenvalue weighted by Crippen LogP contribution is 2.31. The van der Waals surface area contributed by atoms with Crippen LogP contribution in [-0.4, -0.2) is 34.9 Å². The molecule has 0 fully saturated rings. The van der Waals surface area contributed by atoms with Gasteiger partial charge in [0.2, 0.25) is 0 Å². The van der Waals surface area contributed by atoms with E-state index < -0.39 is 28.7 Å². The third kappa shape index (κ3) is 3.93. The van der Waals surface area contributed by atoms with Gasteiger partial charge in [-0.15, -0.1) is 0 Å². The number of halogens is 1. The van der Waals surface area contributed by atoms with Crippen molar-refractivity contribution in [3.8, 4) is 0 Å². The van der Waals surface area contributed by atoms with E-state index in [9.17, 15) is 29.2 Å². The normalized spacial score (nSPS) is 13.8. The van der Waals surface area contributed by atoms with Crippen molar-refractivity contribution in [1.29, 1.82) is 0 Å². The van der Waals surface area contributed by atoms with Crippen LogP contribution in [0.2, 0.25) is 0 Å². The molecule has 2 aromatic rings. The molecule has 1 unspecified atom stereocenters. The Labute approximate surface area is 153 Å². The molecule has 1 atom stereocenters. The van der Waals surface area contributed by atoms with Crippen molar-refractivity contribution >= 4 is 23.2 Å². The minimum Gasteiger partial charge on any atom is -0.387 e. The van der Waals surface area contributed by atoms with Crippen LogP contribution in [0.25, 0.3) is 0 Å². The van der Waals surface area contributed by atoms with E-state index in [2.05, 4.69) is 5.32 Å². The first-order valence-corrected chi connectivity index (χ1v) is 8.17. The third-order valence-electron chi connectivity index (χ3n) is 4.30. The number of hydrogen-bond donors (Lipinski definition) is 2. The molecule has 0 bridgehead atoms. The van der Waals surface area contributed by atoms with Gasteiger partial charge in [0.1, 0.15) is 5.82 Å². The summed E-state index contributed by atoms with van der Waals surface area (Å²) in [5.41, 5.74) is 1.27. The van der Waals surface area contributed by atoms with Gasteiger partial charge in [-0.05, 0) is 35.7 Å². The second-order valence-electron chi connectivity index (χ2n) is 6.06. The number of nitrogens with zero attached hydrogens (tertiary/aromatic N) is 2. The molecule has 0 aromatic heterocycles. The molecule has 9 heteroatoms. The summed E-state index contributed by atoms with van der Waals surface area (Å²) in [7, 11) is 0. The predicted octanol–water partition coefficient (Wildman–Crippen LogP) is 1.47. The molecule has 8 nitrogen and oxygen atoms in total. The van der Waals surface area contributed by atoms with E-state index in [1.807, 2.05) is 0 Å². The molecule has 3 rings (SSSR count).